The Hall–Kier alpha value is -3.60. The summed E-state index contributed by atoms with van der Waals surface area (Å²) >= 11 is 0.877. The van der Waals surface area contributed by atoms with Crippen LogP contribution in [0.5, 0.6) is 11.5 Å². The number of aryl methyl sites for hydroxylation is 1. The van der Waals surface area contributed by atoms with E-state index in [1.165, 1.54) is 7.11 Å². The summed E-state index contributed by atoms with van der Waals surface area (Å²) in [5.74, 6) is -1.98. The first kappa shape index (κ1) is 26.7. The van der Waals surface area contributed by atoms with E-state index in [-0.39, 0.29) is 28.7 Å². The van der Waals surface area contributed by atoms with Crippen LogP contribution in [0.2, 0.25) is 0 Å². The fraction of sp³-hybridized carbons (Fsp3) is 0.391. The van der Waals surface area contributed by atoms with Gasteiger partial charge in [-0.25, -0.2) is 14.4 Å². The minimum absolute atomic E-state index is 0.0457. The van der Waals surface area contributed by atoms with E-state index in [1.807, 2.05) is 6.92 Å². The minimum atomic E-state index is -0.780. The van der Waals surface area contributed by atoms with Crippen molar-refractivity contribution in [2.45, 2.75) is 27.7 Å². The van der Waals surface area contributed by atoms with Gasteiger partial charge in [-0.15, -0.1) is 11.3 Å². The number of hydrogen-bond donors (Lipinski definition) is 1. The molecule has 0 bridgehead atoms. The molecule has 1 aromatic carbocycles. The zero-order chi connectivity index (χ0) is 25.3. The monoisotopic (exact) mass is 493 g/mol. The Bertz CT molecular complexity index is 1060. The Labute approximate surface area is 201 Å². The van der Waals surface area contributed by atoms with Gasteiger partial charge in [-0.05, 0) is 51.0 Å². The molecular weight excluding hydrogens is 466 g/mol. The van der Waals surface area contributed by atoms with Crippen molar-refractivity contribution >= 4 is 40.2 Å². The average Bonchev–Trinajstić information content (AvgIpc) is 3.12. The highest BCUT2D eigenvalue weighted by molar-refractivity contribution is 7.18. The van der Waals surface area contributed by atoms with Gasteiger partial charge in [0.2, 0.25) is 0 Å². The highest BCUT2D eigenvalue weighted by atomic mass is 32.1. The van der Waals surface area contributed by atoms with Crippen LogP contribution in [0.1, 0.15) is 45.0 Å². The molecule has 11 heteroatoms. The predicted molar refractivity (Wildman–Crippen MR) is 124 cm³/mol. The smallest absolute Gasteiger partial charge is 0.348 e. The Morgan fingerprint density at radius 2 is 1.59 bits per heavy atom. The molecule has 0 unspecified atom stereocenters. The van der Waals surface area contributed by atoms with Gasteiger partial charge in [0.15, 0.2) is 24.7 Å². The number of nitrogens with one attached hydrogen (secondary N) is 1. The van der Waals surface area contributed by atoms with E-state index in [9.17, 15) is 19.2 Å². The number of amides is 1. The van der Waals surface area contributed by atoms with Crippen LogP contribution in [0.25, 0.3) is 0 Å². The zero-order valence-corrected chi connectivity index (χ0v) is 20.5. The number of hydrogen-bond acceptors (Lipinski definition) is 10. The highest BCUT2D eigenvalue weighted by Gasteiger charge is 2.27. The fourth-order valence-electron chi connectivity index (χ4n) is 2.82. The fourth-order valence-corrected chi connectivity index (χ4v) is 3.93. The number of anilines is 1. The number of esters is 3. The number of benzene rings is 1. The molecule has 184 valence electrons. The number of methoxy groups -OCH3 is 1. The summed E-state index contributed by atoms with van der Waals surface area (Å²) < 4.78 is 25.6. The molecular formula is C23H27NO9S. The van der Waals surface area contributed by atoms with Crippen LogP contribution >= 0.6 is 11.3 Å². The molecule has 1 amide bonds. The van der Waals surface area contributed by atoms with E-state index < -0.39 is 37.0 Å². The molecule has 2 rings (SSSR count). The molecule has 34 heavy (non-hydrogen) atoms. The summed E-state index contributed by atoms with van der Waals surface area (Å²) in [6, 6.07) is 5.21. The van der Waals surface area contributed by atoms with Gasteiger partial charge < -0.3 is 29.0 Å². The van der Waals surface area contributed by atoms with E-state index in [1.54, 1.807) is 39.0 Å². The molecule has 0 saturated heterocycles. The van der Waals surface area contributed by atoms with Crippen molar-refractivity contribution in [2.75, 3.05) is 38.9 Å². The number of rotatable bonds is 11. The summed E-state index contributed by atoms with van der Waals surface area (Å²) in [6.45, 7) is 5.94. The van der Waals surface area contributed by atoms with Crippen LogP contribution in [-0.4, -0.2) is 57.4 Å². The second-order valence-electron chi connectivity index (χ2n) is 6.85. The maximum Gasteiger partial charge on any atom is 0.348 e. The van der Waals surface area contributed by atoms with Crippen molar-refractivity contribution in [3.05, 3.63) is 39.8 Å². The maximum atomic E-state index is 12.4. The van der Waals surface area contributed by atoms with E-state index in [0.29, 0.717) is 17.1 Å². The number of ether oxygens (including phenoxy) is 5. The van der Waals surface area contributed by atoms with Crippen molar-refractivity contribution in [3.8, 4) is 11.5 Å². The quantitative estimate of drug-likeness (QED) is 0.371. The molecule has 0 atom stereocenters. The maximum absolute atomic E-state index is 12.4. The SMILES string of the molecule is CCOC(=O)c1sc(NC(=O)COC(=O)COc2ccc(C)cc2OC)c(C(=O)OCC)c1C. The van der Waals surface area contributed by atoms with Crippen LogP contribution in [0.15, 0.2) is 18.2 Å². The molecule has 10 nitrogen and oxygen atoms in total. The van der Waals surface area contributed by atoms with E-state index in [4.69, 9.17) is 23.7 Å². The van der Waals surface area contributed by atoms with E-state index in [2.05, 4.69) is 5.32 Å². The van der Waals surface area contributed by atoms with Gasteiger partial charge >= 0.3 is 17.9 Å². The molecule has 0 aliphatic rings. The minimum Gasteiger partial charge on any atom is -0.493 e. The van der Waals surface area contributed by atoms with Crippen molar-refractivity contribution < 1.29 is 42.9 Å². The van der Waals surface area contributed by atoms with Gasteiger partial charge in [0.1, 0.15) is 9.88 Å². The lowest BCUT2D eigenvalue weighted by Crippen LogP contribution is -2.24. The normalized spacial score (nSPS) is 10.3. The Kier molecular flexibility index (Phi) is 9.87. The van der Waals surface area contributed by atoms with Gasteiger partial charge in [0, 0.05) is 0 Å². The lowest BCUT2D eigenvalue weighted by Gasteiger charge is -2.11. The third kappa shape index (κ3) is 6.95. The largest absolute Gasteiger partial charge is 0.493 e. The van der Waals surface area contributed by atoms with Gasteiger partial charge in [-0.3, -0.25) is 4.79 Å². The molecule has 0 aliphatic heterocycles. The first-order chi connectivity index (χ1) is 16.2. The van der Waals surface area contributed by atoms with Crippen LogP contribution in [0.4, 0.5) is 5.00 Å². The van der Waals surface area contributed by atoms with Crippen molar-refractivity contribution in [1.29, 1.82) is 0 Å². The first-order valence-electron chi connectivity index (χ1n) is 10.4. The molecule has 0 spiro atoms. The third-order valence-electron chi connectivity index (χ3n) is 4.37. The number of carbonyl (C=O) groups excluding carboxylic acids is 4. The second kappa shape index (κ2) is 12.6. The van der Waals surface area contributed by atoms with E-state index >= 15 is 0 Å². The van der Waals surface area contributed by atoms with Crippen molar-refractivity contribution in [3.63, 3.8) is 0 Å². The van der Waals surface area contributed by atoms with Crippen molar-refractivity contribution in [1.82, 2.24) is 0 Å². The number of carbonyl (C=O) groups is 4. The van der Waals surface area contributed by atoms with Gasteiger partial charge in [-0.1, -0.05) is 6.07 Å². The standard InChI is InChI=1S/C23H27NO9S/c1-6-30-22(27)19-14(4)20(23(28)31-7-2)34-21(19)24-17(25)11-33-18(26)12-32-15-9-8-13(3)10-16(15)29-5/h8-10H,6-7,11-12H2,1-5H3,(H,24,25). The average molecular weight is 494 g/mol. The molecule has 2 aromatic rings. The molecule has 1 heterocycles. The van der Waals surface area contributed by atoms with Gasteiger partial charge in [0.05, 0.1) is 25.9 Å². The lowest BCUT2D eigenvalue weighted by atomic mass is 10.1. The Morgan fingerprint density at radius 3 is 2.24 bits per heavy atom. The molecule has 1 N–H and O–H groups in total. The summed E-state index contributed by atoms with van der Waals surface area (Å²) in [4.78, 5) is 49.1. The highest BCUT2D eigenvalue weighted by Crippen LogP contribution is 2.34. The summed E-state index contributed by atoms with van der Waals surface area (Å²) in [6.07, 6.45) is 0. The number of thiophene rings is 1. The lowest BCUT2D eigenvalue weighted by molar-refractivity contribution is -0.149. The van der Waals surface area contributed by atoms with Crippen LogP contribution in [-0.2, 0) is 23.8 Å². The van der Waals surface area contributed by atoms with Crippen LogP contribution < -0.4 is 14.8 Å². The second-order valence-corrected chi connectivity index (χ2v) is 7.87. The Morgan fingerprint density at radius 1 is 0.912 bits per heavy atom. The molecule has 0 saturated carbocycles. The van der Waals surface area contributed by atoms with Gasteiger partial charge in [0.25, 0.3) is 5.91 Å². The predicted octanol–water partition coefficient (Wildman–Crippen LogP) is 3.29. The zero-order valence-electron chi connectivity index (χ0n) is 19.6. The molecule has 0 radical (unpaired) electrons. The van der Waals surface area contributed by atoms with E-state index in [0.717, 1.165) is 16.9 Å². The van der Waals surface area contributed by atoms with Crippen molar-refractivity contribution in [2.24, 2.45) is 0 Å². The summed E-state index contributed by atoms with van der Waals surface area (Å²) in [5, 5.41) is 2.59. The van der Waals surface area contributed by atoms with Crippen LogP contribution in [0.3, 0.4) is 0 Å². The first-order valence-corrected chi connectivity index (χ1v) is 11.2. The van der Waals surface area contributed by atoms with Crippen LogP contribution in [0, 0.1) is 13.8 Å². The Balaban J connectivity index is 2.02. The summed E-state index contributed by atoms with van der Waals surface area (Å²) in [7, 11) is 1.48. The molecule has 0 fully saturated rings. The molecule has 1 aromatic heterocycles. The topological polar surface area (TPSA) is 126 Å². The molecule has 0 aliphatic carbocycles. The third-order valence-corrected chi connectivity index (χ3v) is 5.56. The van der Waals surface area contributed by atoms with Gasteiger partial charge in [-0.2, -0.15) is 0 Å². The summed E-state index contributed by atoms with van der Waals surface area (Å²) in [5.41, 5.74) is 1.33.